The largest absolute Gasteiger partial charge is 0.444 e. The van der Waals surface area contributed by atoms with Crippen LogP contribution in [-0.2, 0) is 9.53 Å². The van der Waals surface area contributed by atoms with Crippen LogP contribution >= 0.6 is 0 Å². The highest BCUT2D eigenvalue weighted by Gasteiger charge is 2.42. The van der Waals surface area contributed by atoms with Crippen LogP contribution in [0.25, 0.3) is 0 Å². The minimum Gasteiger partial charge on any atom is -0.444 e. The smallest absolute Gasteiger partial charge is 0.410 e. The van der Waals surface area contributed by atoms with E-state index in [0.717, 1.165) is 0 Å². The van der Waals surface area contributed by atoms with Crippen LogP contribution in [0.2, 0.25) is 0 Å². The van der Waals surface area contributed by atoms with E-state index in [1.54, 1.807) is 9.80 Å². The predicted molar refractivity (Wildman–Crippen MR) is 70.2 cm³/mol. The van der Waals surface area contributed by atoms with E-state index in [1.807, 2.05) is 20.8 Å². The summed E-state index contributed by atoms with van der Waals surface area (Å²) >= 11 is 0. The summed E-state index contributed by atoms with van der Waals surface area (Å²) in [6, 6.07) is 0.0957. The SMILES string of the molecule is C#CC1CC(=O)N(C2CN(C(=O)OC(C)(C)C)C2)C1. The molecule has 2 aliphatic rings. The van der Waals surface area contributed by atoms with E-state index < -0.39 is 5.60 Å². The van der Waals surface area contributed by atoms with E-state index in [-0.39, 0.29) is 24.0 Å². The molecule has 0 aromatic heterocycles. The lowest BCUT2D eigenvalue weighted by atomic mass is 10.1. The summed E-state index contributed by atoms with van der Waals surface area (Å²) in [5.41, 5.74) is -0.486. The number of ether oxygens (including phenoxy) is 1. The Bertz CT molecular complexity index is 427. The molecule has 2 rings (SSSR count). The van der Waals surface area contributed by atoms with Gasteiger partial charge in [0.25, 0.3) is 0 Å². The van der Waals surface area contributed by atoms with E-state index in [9.17, 15) is 9.59 Å². The van der Waals surface area contributed by atoms with Gasteiger partial charge in [0.05, 0.1) is 6.04 Å². The molecule has 0 radical (unpaired) electrons. The average Bonchev–Trinajstić information content (AvgIpc) is 2.55. The third-order valence-electron chi connectivity index (χ3n) is 3.35. The highest BCUT2D eigenvalue weighted by atomic mass is 16.6. The van der Waals surface area contributed by atoms with Gasteiger partial charge in [-0.25, -0.2) is 4.79 Å². The molecule has 0 N–H and O–H groups in total. The van der Waals surface area contributed by atoms with Gasteiger partial charge < -0.3 is 14.5 Å². The first-order valence-electron chi connectivity index (χ1n) is 6.53. The van der Waals surface area contributed by atoms with Gasteiger partial charge in [-0.15, -0.1) is 12.3 Å². The Balaban J connectivity index is 1.82. The monoisotopic (exact) mass is 264 g/mol. The van der Waals surface area contributed by atoms with Crippen molar-refractivity contribution in [2.45, 2.75) is 38.8 Å². The molecule has 2 fully saturated rings. The van der Waals surface area contributed by atoms with Gasteiger partial charge >= 0.3 is 6.09 Å². The quantitative estimate of drug-likeness (QED) is 0.666. The minimum absolute atomic E-state index is 0.0167. The molecule has 19 heavy (non-hydrogen) atoms. The van der Waals surface area contributed by atoms with Crippen LogP contribution in [-0.4, -0.2) is 53.1 Å². The first-order valence-corrected chi connectivity index (χ1v) is 6.53. The highest BCUT2D eigenvalue weighted by molar-refractivity contribution is 5.80. The Morgan fingerprint density at radius 2 is 2.00 bits per heavy atom. The van der Waals surface area contributed by atoms with Crippen LogP contribution in [0.3, 0.4) is 0 Å². The topological polar surface area (TPSA) is 49.9 Å². The Hall–Kier alpha value is -1.70. The van der Waals surface area contributed by atoms with Crippen molar-refractivity contribution in [1.29, 1.82) is 0 Å². The molecular weight excluding hydrogens is 244 g/mol. The van der Waals surface area contributed by atoms with Gasteiger partial charge in [-0.05, 0) is 20.8 Å². The highest BCUT2D eigenvalue weighted by Crippen LogP contribution is 2.25. The Morgan fingerprint density at radius 3 is 2.47 bits per heavy atom. The van der Waals surface area contributed by atoms with Gasteiger partial charge in [-0.1, -0.05) is 0 Å². The maximum absolute atomic E-state index is 11.8. The molecule has 2 amide bonds. The fourth-order valence-electron chi connectivity index (χ4n) is 2.32. The Morgan fingerprint density at radius 1 is 1.37 bits per heavy atom. The van der Waals surface area contributed by atoms with Gasteiger partial charge in [-0.2, -0.15) is 0 Å². The van der Waals surface area contributed by atoms with Crippen molar-refractivity contribution in [1.82, 2.24) is 9.80 Å². The van der Waals surface area contributed by atoms with Crippen LogP contribution in [0, 0.1) is 18.3 Å². The number of terminal acetylenes is 1. The van der Waals surface area contributed by atoms with Crippen LogP contribution in [0.5, 0.6) is 0 Å². The number of amides is 2. The van der Waals surface area contributed by atoms with Gasteiger partial charge in [0.15, 0.2) is 0 Å². The maximum atomic E-state index is 11.8. The molecule has 1 unspecified atom stereocenters. The predicted octanol–water partition coefficient (Wildman–Crippen LogP) is 1.09. The van der Waals surface area contributed by atoms with Crippen LogP contribution in [0.15, 0.2) is 0 Å². The summed E-state index contributed by atoms with van der Waals surface area (Å²) < 4.78 is 5.27. The molecule has 1 atom stereocenters. The minimum atomic E-state index is -0.486. The third-order valence-corrected chi connectivity index (χ3v) is 3.35. The van der Waals surface area contributed by atoms with Gasteiger partial charge in [0.1, 0.15) is 5.60 Å². The Kier molecular flexibility index (Phi) is 3.44. The lowest BCUT2D eigenvalue weighted by Gasteiger charge is -2.44. The van der Waals surface area contributed by atoms with E-state index in [2.05, 4.69) is 5.92 Å². The van der Waals surface area contributed by atoms with Crippen molar-refractivity contribution in [2.24, 2.45) is 5.92 Å². The van der Waals surface area contributed by atoms with Crippen LogP contribution in [0.4, 0.5) is 4.79 Å². The summed E-state index contributed by atoms with van der Waals surface area (Å²) in [5.74, 6) is 2.74. The zero-order valence-corrected chi connectivity index (χ0v) is 11.7. The molecule has 0 aromatic carbocycles. The third kappa shape index (κ3) is 3.01. The number of rotatable bonds is 1. The number of likely N-dealkylation sites (tertiary alicyclic amines) is 2. The second-order valence-electron chi connectivity index (χ2n) is 6.15. The van der Waals surface area contributed by atoms with E-state index in [0.29, 0.717) is 26.1 Å². The molecule has 0 aromatic rings. The lowest BCUT2D eigenvalue weighted by molar-refractivity contribution is -0.132. The zero-order valence-electron chi connectivity index (χ0n) is 11.7. The molecule has 2 saturated heterocycles. The standard InChI is InChI=1S/C14H20N2O3/c1-5-10-6-12(17)16(7-10)11-8-15(9-11)13(18)19-14(2,3)4/h1,10-11H,6-9H2,2-4H3. The summed E-state index contributed by atoms with van der Waals surface area (Å²) in [6.45, 7) is 7.20. The molecule has 2 aliphatic heterocycles. The van der Waals surface area contributed by atoms with E-state index in [1.165, 1.54) is 0 Å². The second kappa shape index (κ2) is 4.76. The number of nitrogens with zero attached hydrogens (tertiary/aromatic N) is 2. The van der Waals surface area contributed by atoms with E-state index in [4.69, 9.17) is 11.2 Å². The second-order valence-corrected chi connectivity index (χ2v) is 6.15. The molecule has 5 nitrogen and oxygen atoms in total. The fraction of sp³-hybridized carbons (Fsp3) is 0.714. The number of hydrogen-bond donors (Lipinski definition) is 0. The Labute approximate surface area is 113 Å². The van der Waals surface area contributed by atoms with Crippen molar-refractivity contribution in [2.75, 3.05) is 19.6 Å². The molecule has 0 spiro atoms. The fourth-order valence-corrected chi connectivity index (χ4v) is 2.32. The average molecular weight is 264 g/mol. The summed E-state index contributed by atoms with van der Waals surface area (Å²) in [5, 5.41) is 0. The number of carbonyl (C=O) groups is 2. The number of hydrogen-bond acceptors (Lipinski definition) is 3. The molecule has 0 saturated carbocycles. The normalized spacial score (nSPS) is 24.1. The molecule has 104 valence electrons. The van der Waals surface area contributed by atoms with Crippen LogP contribution in [0.1, 0.15) is 27.2 Å². The van der Waals surface area contributed by atoms with Crippen LogP contribution < -0.4 is 0 Å². The molecule has 0 aliphatic carbocycles. The molecule has 5 heteroatoms. The van der Waals surface area contributed by atoms with Crippen molar-refractivity contribution in [3.05, 3.63) is 0 Å². The van der Waals surface area contributed by atoms with Gasteiger partial charge in [0, 0.05) is 32.0 Å². The molecule has 2 heterocycles. The van der Waals surface area contributed by atoms with Crippen molar-refractivity contribution in [3.63, 3.8) is 0 Å². The van der Waals surface area contributed by atoms with E-state index >= 15 is 0 Å². The lowest BCUT2D eigenvalue weighted by Crippen LogP contribution is -2.62. The zero-order chi connectivity index (χ0) is 14.2. The first-order chi connectivity index (χ1) is 8.80. The molecule has 0 bridgehead atoms. The summed E-state index contributed by atoms with van der Waals surface area (Å²) in [6.07, 6.45) is 5.46. The van der Waals surface area contributed by atoms with Crippen molar-refractivity contribution >= 4 is 12.0 Å². The maximum Gasteiger partial charge on any atom is 0.410 e. The number of carbonyl (C=O) groups excluding carboxylic acids is 2. The summed E-state index contributed by atoms with van der Waals surface area (Å²) in [4.78, 5) is 27.0. The molecular formula is C14H20N2O3. The summed E-state index contributed by atoms with van der Waals surface area (Å²) in [7, 11) is 0. The first kappa shape index (κ1) is 13.7. The van der Waals surface area contributed by atoms with Crippen molar-refractivity contribution in [3.8, 4) is 12.3 Å². The van der Waals surface area contributed by atoms with Gasteiger partial charge in [-0.3, -0.25) is 4.79 Å². The van der Waals surface area contributed by atoms with Crippen molar-refractivity contribution < 1.29 is 14.3 Å². The van der Waals surface area contributed by atoms with Gasteiger partial charge in [0.2, 0.25) is 5.91 Å².